The molecule has 2 aromatic rings. The molecule has 3 saturated heterocycles. The number of imide groups is 2. The highest BCUT2D eigenvalue weighted by molar-refractivity contribution is 8.14. The quantitative estimate of drug-likeness (QED) is 0.582. The average molecular weight is 475 g/mol. The van der Waals surface area contributed by atoms with Gasteiger partial charge in [0.05, 0.1) is 29.8 Å². The highest BCUT2D eigenvalue weighted by Gasteiger charge is 2.63. The summed E-state index contributed by atoms with van der Waals surface area (Å²) in [5, 5.41) is 8.40. The number of hydrogen-bond acceptors (Lipinski definition) is 9. The number of nitrogens with one attached hydrogen (secondary N) is 2. The van der Waals surface area contributed by atoms with Gasteiger partial charge in [0.25, 0.3) is 5.24 Å². The number of halogens is 1. The molecule has 6 rings (SSSR count). The number of benzene rings is 1. The number of ether oxygens (including phenoxy) is 1. The highest BCUT2D eigenvalue weighted by Crippen LogP contribution is 2.49. The summed E-state index contributed by atoms with van der Waals surface area (Å²) in [6.07, 6.45) is -0.765. The van der Waals surface area contributed by atoms with Crippen LogP contribution in [0.15, 0.2) is 10.6 Å². The maximum absolute atomic E-state index is 15.9. The number of morpholine rings is 1. The lowest BCUT2D eigenvalue weighted by Crippen LogP contribution is -2.74. The van der Waals surface area contributed by atoms with Gasteiger partial charge in [-0.1, -0.05) is 16.9 Å². The van der Waals surface area contributed by atoms with Crippen molar-refractivity contribution in [2.45, 2.75) is 25.5 Å². The molecule has 33 heavy (non-hydrogen) atoms. The summed E-state index contributed by atoms with van der Waals surface area (Å²) in [7, 11) is 0. The molecule has 0 bridgehead atoms. The molecule has 13 heteroatoms. The van der Waals surface area contributed by atoms with Crippen LogP contribution in [0, 0.1) is 11.2 Å². The Morgan fingerprint density at radius 2 is 1.97 bits per heavy atom. The number of amides is 5. The number of carbonyl (C=O) groups is 4. The number of thioether (sulfide) groups is 1. The minimum Gasteiger partial charge on any atom is -0.374 e. The van der Waals surface area contributed by atoms with Crippen LogP contribution in [0.4, 0.5) is 25.5 Å². The molecule has 5 amide bonds. The van der Waals surface area contributed by atoms with E-state index in [0.29, 0.717) is 17.9 Å². The molecule has 5 heterocycles. The molecule has 1 aromatic carbocycles. The molecule has 0 aliphatic carbocycles. The van der Waals surface area contributed by atoms with E-state index in [1.807, 2.05) is 0 Å². The Morgan fingerprint density at radius 1 is 1.21 bits per heavy atom. The summed E-state index contributed by atoms with van der Waals surface area (Å²) in [5.41, 5.74) is -1.23. The van der Waals surface area contributed by atoms with Crippen molar-refractivity contribution < 1.29 is 32.8 Å². The number of urea groups is 1. The summed E-state index contributed by atoms with van der Waals surface area (Å²) >= 11 is 1.13. The van der Waals surface area contributed by atoms with Crippen molar-refractivity contribution in [3.8, 4) is 0 Å². The fraction of sp³-hybridized carbons (Fsp3) is 0.450. The summed E-state index contributed by atoms with van der Waals surface area (Å²) in [6, 6.07) is -0.131. The summed E-state index contributed by atoms with van der Waals surface area (Å²) in [5.74, 6) is -1.42. The number of nitrogens with zero attached hydrogens (tertiary/aromatic N) is 3. The number of anilines is 2. The van der Waals surface area contributed by atoms with E-state index in [2.05, 4.69) is 15.8 Å². The standard InChI is InChI=1S/C20H18FN5O6S/c1-8-14-20(16(27)22-18(29)23-17(20)28)7-9-6-10-13(11(21)12(9)25(14)2-4-31-8)32-24-15(10)26-3-5-33-19(26)30/h6,8,14H,2-5,7H2,1H3,(H2,22,23,27,28,29)/t8-,14+/m0/s1. The fourth-order valence-corrected chi connectivity index (χ4v) is 6.21. The van der Waals surface area contributed by atoms with Gasteiger partial charge in [-0.05, 0) is 18.6 Å². The smallest absolute Gasteiger partial charge is 0.328 e. The third-order valence-corrected chi connectivity index (χ3v) is 7.63. The molecule has 1 aromatic heterocycles. The lowest BCUT2D eigenvalue weighted by Gasteiger charge is -2.54. The van der Waals surface area contributed by atoms with Gasteiger partial charge >= 0.3 is 6.03 Å². The normalized spacial score (nSPS) is 26.5. The van der Waals surface area contributed by atoms with Crippen molar-refractivity contribution in [2.24, 2.45) is 5.41 Å². The summed E-state index contributed by atoms with van der Waals surface area (Å²) in [4.78, 5) is 53.4. The van der Waals surface area contributed by atoms with Crippen LogP contribution < -0.4 is 20.4 Å². The largest absolute Gasteiger partial charge is 0.374 e. The number of fused-ring (bicyclic) bond motifs is 5. The third-order valence-electron chi connectivity index (χ3n) is 6.77. The van der Waals surface area contributed by atoms with E-state index in [-0.39, 0.29) is 47.3 Å². The number of barbiturate groups is 1. The first-order valence-corrected chi connectivity index (χ1v) is 11.4. The Labute approximate surface area is 189 Å². The van der Waals surface area contributed by atoms with Crippen molar-refractivity contribution in [3.05, 3.63) is 17.4 Å². The topological polar surface area (TPSA) is 134 Å². The number of hydrogen-bond donors (Lipinski definition) is 2. The predicted octanol–water partition coefficient (Wildman–Crippen LogP) is 1.14. The zero-order chi connectivity index (χ0) is 23.1. The second-order valence-electron chi connectivity index (χ2n) is 8.45. The molecule has 2 atom stereocenters. The molecule has 0 saturated carbocycles. The Hall–Kier alpha value is -3.19. The average Bonchev–Trinajstić information content (AvgIpc) is 3.37. The Balaban J connectivity index is 1.58. The van der Waals surface area contributed by atoms with Crippen molar-refractivity contribution in [1.29, 1.82) is 0 Å². The minimum absolute atomic E-state index is 0.102. The third kappa shape index (κ3) is 2.63. The van der Waals surface area contributed by atoms with Crippen molar-refractivity contribution >= 4 is 57.3 Å². The maximum atomic E-state index is 15.9. The zero-order valence-corrected chi connectivity index (χ0v) is 18.2. The van der Waals surface area contributed by atoms with E-state index in [1.165, 1.54) is 4.90 Å². The highest BCUT2D eigenvalue weighted by atomic mass is 32.2. The second-order valence-corrected chi connectivity index (χ2v) is 9.49. The molecule has 11 nitrogen and oxygen atoms in total. The number of aromatic nitrogens is 1. The van der Waals surface area contributed by atoms with Crippen molar-refractivity contribution in [2.75, 3.05) is 35.2 Å². The van der Waals surface area contributed by atoms with Gasteiger partial charge in [-0.25, -0.2) is 9.18 Å². The van der Waals surface area contributed by atoms with Gasteiger partial charge in [-0.2, -0.15) is 0 Å². The van der Waals surface area contributed by atoms with E-state index < -0.39 is 41.2 Å². The van der Waals surface area contributed by atoms with E-state index >= 15 is 4.39 Å². The fourth-order valence-electron chi connectivity index (χ4n) is 5.43. The van der Waals surface area contributed by atoms with Gasteiger partial charge in [0.15, 0.2) is 17.1 Å². The van der Waals surface area contributed by atoms with Crippen LogP contribution in [0.2, 0.25) is 0 Å². The van der Waals surface area contributed by atoms with Crippen LogP contribution in [0.25, 0.3) is 11.0 Å². The molecule has 4 aliphatic rings. The maximum Gasteiger partial charge on any atom is 0.328 e. The lowest BCUT2D eigenvalue weighted by molar-refractivity contribution is -0.151. The first-order valence-electron chi connectivity index (χ1n) is 10.4. The SMILES string of the molecule is C[C@@H]1OCCN2c3c(cc4c(N5CCSC5=O)noc4c3F)CC3(C(=O)NC(=O)NC3=O)[C@@H]12. The van der Waals surface area contributed by atoms with Gasteiger partial charge in [0, 0.05) is 25.3 Å². The molecule has 4 aliphatic heterocycles. The number of carbonyl (C=O) groups excluding carboxylic acids is 4. The van der Waals surface area contributed by atoms with Crippen LogP contribution in [0.3, 0.4) is 0 Å². The Morgan fingerprint density at radius 3 is 2.67 bits per heavy atom. The molecule has 172 valence electrons. The number of rotatable bonds is 1. The summed E-state index contributed by atoms with van der Waals surface area (Å²) in [6.45, 7) is 2.60. The van der Waals surface area contributed by atoms with Gasteiger partial charge in [-0.3, -0.25) is 29.9 Å². The van der Waals surface area contributed by atoms with Crippen LogP contribution in [0.1, 0.15) is 12.5 Å². The monoisotopic (exact) mass is 475 g/mol. The van der Waals surface area contributed by atoms with Crippen molar-refractivity contribution in [1.82, 2.24) is 15.8 Å². The van der Waals surface area contributed by atoms with Crippen LogP contribution in [-0.2, 0) is 20.7 Å². The first-order chi connectivity index (χ1) is 15.8. The zero-order valence-electron chi connectivity index (χ0n) is 17.3. The van der Waals surface area contributed by atoms with E-state index in [4.69, 9.17) is 9.26 Å². The molecule has 0 unspecified atom stereocenters. The molecular formula is C20H18FN5O6S. The van der Waals surface area contributed by atoms with Crippen LogP contribution >= 0.6 is 11.8 Å². The van der Waals surface area contributed by atoms with Gasteiger partial charge < -0.3 is 14.2 Å². The Bertz CT molecular complexity index is 1240. The van der Waals surface area contributed by atoms with E-state index in [0.717, 1.165) is 11.8 Å². The molecule has 1 spiro atoms. The molecular weight excluding hydrogens is 457 g/mol. The minimum atomic E-state index is -1.71. The second kappa shape index (κ2) is 6.90. The first kappa shape index (κ1) is 20.4. The summed E-state index contributed by atoms with van der Waals surface area (Å²) < 4.78 is 26.9. The van der Waals surface area contributed by atoms with Gasteiger partial charge in [0.2, 0.25) is 17.4 Å². The molecule has 3 fully saturated rings. The van der Waals surface area contributed by atoms with E-state index in [1.54, 1.807) is 17.9 Å². The van der Waals surface area contributed by atoms with Crippen LogP contribution in [0.5, 0.6) is 0 Å². The predicted molar refractivity (Wildman–Crippen MR) is 114 cm³/mol. The van der Waals surface area contributed by atoms with Gasteiger partial charge in [-0.15, -0.1) is 0 Å². The Kier molecular flexibility index (Phi) is 4.27. The molecule has 2 N–H and O–H groups in total. The van der Waals surface area contributed by atoms with Crippen molar-refractivity contribution in [3.63, 3.8) is 0 Å². The molecule has 0 radical (unpaired) electrons. The lowest BCUT2D eigenvalue weighted by atomic mass is 9.66. The van der Waals surface area contributed by atoms with E-state index in [9.17, 15) is 19.2 Å². The van der Waals surface area contributed by atoms with Crippen LogP contribution in [-0.4, -0.2) is 65.8 Å². The van der Waals surface area contributed by atoms with Gasteiger partial charge in [0.1, 0.15) is 0 Å².